The number of nitrogens with one attached hydrogen (secondary N) is 1. The van der Waals surface area contributed by atoms with E-state index in [1.54, 1.807) is 7.05 Å². The third-order valence-electron chi connectivity index (χ3n) is 2.21. The van der Waals surface area contributed by atoms with Gasteiger partial charge >= 0.3 is 0 Å². The summed E-state index contributed by atoms with van der Waals surface area (Å²) in [5.74, 6) is 0.0167. The second-order valence-electron chi connectivity index (χ2n) is 4.37. The van der Waals surface area contributed by atoms with Crippen LogP contribution in [0.3, 0.4) is 0 Å². The summed E-state index contributed by atoms with van der Waals surface area (Å²) < 4.78 is 0. The average molecular weight is 207 g/mol. The predicted molar refractivity (Wildman–Crippen MR) is 62.8 cm³/mol. The van der Waals surface area contributed by atoms with E-state index in [1.165, 1.54) is 5.19 Å². The maximum absolute atomic E-state index is 11.6. The van der Waals surface area contributed by atoms with E-state index in [9.17, 15) is 4.79 Å². The largest absolute Gasteiger partial charge is 0.355 e. The van der Waals surface area contributed by atoms with Crippen LogP contribution in [-0.4, -0.2) is 21.0 Å². The Morgan fingerprint density at radius 2 is 1.79 bits per heavy atom. The minimum absolute atomic E-state index is 0.0167. The number of carbonyl (C=O) groups excluding carboxylic acids is 1. The van der Waals surface area contributed by atoms with Gasteiger partial charge in [0, 0.05) is 12.6 Å². The van der Waals surface area contributed by atoms with Crippen LogP contribution < -0.4 is 10.5 Å². The Morgan fingerprint density at radius 3 is 2.29 bits per heavy atom. The summed E-state index contributed by atoms with van der Waals surface area (Å²) in [5, 5.41) is 3.90. The summed E-state index contributed by atoms with van der Waals surface area (Å²) in [7, 11) is 0.252. The van der Waals surface area contributed by atoms with Crippen LogP contribution in [-0.2, 0) is 0 Å². The van der Waals surface area contributed by atoms with E-state index in [4.69, 9.17) is 0 Å². The van der Waals surface area contributed by atoms with Gasteiger partial charge in [-0.1, -0.05) is 37.8 Å². The lowest BCUT2D eigenvalue weighted by Crippen LogP contribution is -2.42. The Balaban J connectivity index is 3.23. The smallest absolute Gasteiger partial charge is 0.250 e. The van der Waals surface area contributed by atoms with Crippen LogP contribution in [0.25, 0.3) is 0 Å². The second kappa shape index (κ2) is 3.96. The maximum atomic E-state index is 11.6. The normalized spacial score (nSPS) is 11.1. The number of hydrogen-bond acceptors (Lipinski definition) is 1. The molecule has 1 N–H and O–H groups in total. The molecule has 0 aliphatic carbocycles. The highest BCUT2D eigenvalue weighted by Crippen LogP contribution is 2.06. The minimum Gasteiger partial charge on any atom is -0.355 e. The molecule has 0 saturated heterocycles. The van der Waals surface area contributed by atoms with Gasteiger partial charge in [-0.3, -0.25) is 4.79 Å². The van der Waals surface area contributed by atoms with Crippen LogP contribution >= 0.6 is 0 Å². The molecule has 2 nitrogen and oxygen atoms in total. The van der Waals surface area contributed by atoms with Crippen molar-refractivity contribution in [3.05, 3.63) is 29.8 Å². The van der Waals surface area contributed by atoms with Crippen LogP contribution in [0.1, 0.15) is 10.4 Å². The van der Waals surface area contributed by atoms with Gasteiger partial charge < -0.3 is 5.32 Å². The van der Waals surface area contributed by atoms with E-state index >= 15 is 0 Å². The summed E-state index contributed by atoms with van der Waals surface area (Å²) >= 11 is 0. The van der Waals surface area contributed by atoms with Crippen molar-refractivity contribution in [2.75, 3.05) is 7.05 Å². The molecule has 0 fully saturated rings. The monoisotopic (exact) mass is 207 g/mol. The molecule has 0 radical (unpaired) electrons. The number of carbonyl (C=O) groups is 1. The lowest BCUT2D eigenvalue weighted by molar-refractivity contribution is 0.0964. The maximum Gasteiger partial charge on any atom is 0.250 e. The first kappa shape index (κ1) is 11.0. The zero-order valence-corrected chi connectivity index (χ0v) is 10.2. The minimum atomic E-state index is -1.42. The third kappa shape index (κ3) is 2.23. The number of benzene rings is 1. The lowest BCUT2D eigenvalue weighted by Gasteiger charge is -2.19. The first-order chi connectivity index (χ1) is 6.46. The fourth-order valence-electron chi connectivity index (χ4n) is 1.47. The number of hydrogen-bond donors (Lipinski definition) is 1. The van der Waals surface area contributed by atoms with Crippen LogP contribution in [0.15, 0.2) is 24.3 Å². The molecule has 1 aromatic rings. The second-order valence-corrected chi connectivity index (χ2v) is 9.41. The van der Waals surface area contributed by atoms with E-state index in [1.807, 2.05) is 18.2 Å². The Bertz CT molecular complexity index is 341. The van der Waals surface area contributed by atoms with Crippen LogP contribution in [0.5, 0.6) is 0 Å². The molecular weight excluding hydrogens is 190 g/mol. The van der Waals surface area contributed by atoms with E-state index in [-0.39, 0.29) is 5.91 Å². The first-order valence-electron chi connectivity index (χ1n) is 4.78. The van der Waals surface area contributed by atoms with Gasteiger partial charge in [-0.2, -0.15) is 0 Å². The molecule has 0 saturated carbocycles. The lowest BCUT2D eigenvalue weighted by atomic mass is 10.2. The van der Waals surface area contributed by atoms with Gasteiger partial charge in [-0.15, -0.1) is 0 Å². The highest BCUT2D eigenvalue weighted by molar-refractivity contribution is 6.89. The van der Waals surface area contributed by atoms with Crippen LogP contribution in [0.2, 0.25) is 19.6 Å². The third-order valence-corrected chi connectivity index (χ3v) is 4.26. The topological polar surface area (TPSA) is 29.1 Å². The molecular formula is C11H17NOSi. The van der Waals surface area contributed by atoms with Gasteiger partial charge in [0.1, 0.15) is 0 Å². The molecule has 0 bridgehead atoms. The van der Waals surface area contributed by atoms with Crippen molar-refractivity contribution < 1.29 is 4.79 Å². The standard InChI is InChI=1S/C11H17NOSi/c1-12-11(13)9-7-5-6-8-10(9)14(2,3)4/h5-8H,1-4H3,(H,12,13). The van der Waals surface area contributed by atoms with Crippen molar-refractivity contribution in [3.8, 4) is 0 Å². The van der Waals surface area contributed by atoms with Crippen molar-refractivity contribution >= 4 is 19.2 Å². The fourth-order valence-corrected chi connectivity index (χ4v) is 3.07. The molecule has 1 aromatic carbocycles. The van der Waals surface area contributed by atoms with Crippen molar-refractivity contribution in [1.29, 1.82) is 0 Å². The van der Waals surface area contributed by atoms with E-state index in [2.05, 4.69) is 31.0 Å². The molecule has 0 aromatic heterocycles. The van der Waals surface area contributed by atoms with E-state index in [0.717, 1.165) is 5.56 Å². The SMILES string of the molecule is CNC(=O)c1ccccc1[Si](C)(C)C. The van der Waals surface area contributed by atoms with Gasteiger partial charge in [0.2, 0.25) is 0 Å². The summed E-state index contributed by atoms with van der Waals surface area (Å²) in [6, 6.07) is 7.87. The van der Waals surface area contributed by atoms with Gasteiger partial charge in [0.25, 0.3) is 5.91 Å². The Hall–Kier alpha value is -1.09. The summed E-state index contributed by atoms with van der Waals surface area (Å²) in [6.45, 7) is 6.73. The molecule has 0 aliphatic rings. The quantitative estimate of drug-likeness (QED) is 0.733. The molecule has 1 rings (SSSR count). The Morgan fingerprint density at radius 1 is 1.21 bits per heavy atom. The van der Waals surface area contributed by atoms with Crippen molar-refractivity contribution in [2.45, 2.75) is 19.6 Å². The molecule has 0 aliphatic heterocycles. The predicted octanol–water partition coefficient (Wildman–Crippen LogP) is 1.59. The molecule has 76 valence electrons. The summed E-state index contributed by atoms with van der Waals surface area (Å²) in [5.41, 5.74) is 0.828. The molecule has 0 spiro atoms. The first-order valence-corrected chi connectivity index (χ1v) is 8.28. The van der Waals surface area contributed by atoms with Crippen molar-refractivity contribution in [1.82, 2.24) is 5.32 Å². The van der Waals surface area contributed by atoms with Gasteiger partial charge in [0.15, 0.2) is 0 Å². The van der Waals surface area contributed by atoms with Crippen molar-refractivity contribution in [3.63, 3.8) is 0 Å². The van der Waals surface area contributed by atoms with Gasteiger partial charge in [0.05, 0.1) is 8.07 Å². The van der Waals surface area contributed by atoms with Crippen LogP contribution in [0.4, 0.5) is 0 Å². The molecule has 1 amide bonds. The molecule has 14 heavy (non-hydrogen) atoms. The Kier molecular flexibility index (Phi) is 3.11. The number of rotatable bonds is 2. The summed E-state index contributed by atoms with van der Waals surface area (Å²) in [4.78, 5) is 11.6. The molecule has 3 heteroatoms. The van der Waals surface area contributed by atoms with Crippen LogP contribution in [0, 0.1) is 0 Å². The molecule has 0 unspecified atom stereocenters. The van der Waals surface area contributed by atoms with Crippen molar-refractivity contribution in [2.24, 2.45) is 0 Å². The van der Waals surface area contributed by atoms with Gasteiger partial charge in [-0.05, 0) is 11.3 Å². The fraction of sp³-hybridized carbons (Fsp3) is 0.364. The zero-order chi connectivity index (χ0) is 10.8. The number of amides is 1. The Labute approximate surface area is 86.3 Å². The molecule has 0 heterocycles. The molecule has 0 atom stereocenters. The highest BCUT2D eigenvalue weighted by atomic mass is 28.3. The highest BCUT2D eigenvalue weighted by Gasteiger charge is 2.22. The zero-order valence-electron chi connectivity index (χ0n) is 9.22. The average Bonchev–Trinajstić information content (AvgIpc) is 2.15. The van der Waals surface area contributed by atoms with E-state index in [0.29, 0.717) is 0 Å². The van der Waals surface area contributed by atoms with Gasteiger partial charge in [-0.25, -0.2) is 0 Å². The van der Waals surface area contributed by atoms with E-state index < -0.39 is 8.07 Å². The summed E-state index contributed by atoms with van der Waals surface area (Å²) in [6.07, 6.45) is 0.